The third kappa shape index (κ3) is 4.25. The van der Waals surface area contributed by atoms with E-state index in [1.54, 1.807) is 19.9 Å². The largest absolute Gasteiger partial charge is 0.386 e. The summed E-state index contributed by atoms with van der Waals surface area (Å²) in [6.45, 7) is 9.40. The number of nitrogens with two attached hydrogens (primary N) is 1. The molecule has 1 aromatic carbocycles. The number of halogens is 3. The quantitative estimate of drug-likeness (QED) is 0.682. The second-order valence-corrected chi connectivity index (χ2v) is 10.2. The molecule has 0 saturated carbocycles. The van der Waals surface area contributed by atoms with Crippen molar-refractivity contribution in [1.82, 2.24) is 0 Å². The normalized spacial score (nSPS) is 24.0. The molecular weight excluding hydrogens is 410 g/mol. The van der Waals surface area contributed by atoms with E-state index in [9.17, 15) is 13.0 Å². The predicted molar refractivity (Wildman–Crippen MR) is 112 cm³/mol. The van der Waals surface area contributed by atoms with Gasteiger partial charge in [-0.25, -0.2) is 8.78 Å². The first-order valence-corrected chi connectivity index (χ1v) is 11.0. The van der Waals surface area contributed by atoms with Crippen molar-refractivity contribution in [3.63, 3.8) is 0 Å². The molecule has 2 heterocycles. The number of hydrogen-bond donors (Lipinski definition) is 1. The van der Waals surface area contributed by atoms with E-state index in [0.29, 0.717) is 26.2 Å². The minimum atomic E-state index is -1.23. The predicted octanol–water partition coefficient (Wildman–Crippen LogP) is 5.49. The second kappa shape index (κ2) is 7.97. The molecule has 0 bridgehead atoms. The Balaban J connectivity index is 0.00000126. The lowest BCUT2D eigenvalue weighted by atomic mass is 10.0. The molecule has 3 rings (SSSR count). The number of aliphatic imine (C=N–C) groups is 1. The van der Waals surface area contributed by atoms with Crippen molar-refractivity contribution in [3.05, 3.63) is 45.8 Å². The van der Waals surface area contributed by atoms with Crippen molar-refractivity contribution >= 4 is 39.6 Å². The third-order valence-corrected chi connectivity index (χ3v) is 8.31. The number of hydrogen-bond acceptors (Lipinski definition) is 4. The molecule has 1 unspecified atom stereocenters. The van der Waals surface area contributed by atoms with Crippen LogP contribution in [0.3, 0.4) is 0 Å². The molecule has 0 amide bonds. The number of rotatable bonds is 2. The molecule has 0 fully saturated rings. The topological polar surface area (TPSA) is 55.4 Å². The van der Waals surface area contributed by atoms with Crippen LogP contribution in [-0.2, 0) is 16.3 Å². The summed E-state index contributed by atoms with van der Waals surface area (Å²) in [6.07, 6.45) is 0. The minimum absolute atomic E-state index is 0.276. The van der Waals surface area contributed by atoms with Crippen molar-refractivity contribution in [1.29, 1.82) is 0 Å². The summed E-state index contributed by atoms with van der Waals surface area (Å²) in [5.41, 5.74) is 5.60. The Kier molecular flexibility index (Phi) is 6.49. The van der Waals surface area contributed by atoms with Crippen LogP contribution in [0.4, 0.5) is 8.78 Å². The van der Waals surface area contributed by atoms with Crippen LogP contribution in [-0.4, -0.2) is 20.5 Å². The second-order valence-electron chi connectivity index (χ2n) is 6.72. The average Bonchev–Trinajstić information content (AvgIpc) is 2.97. The van der Waals surface area contributed by atoms with E-state index in [1.165, 1.54) is 23.5 Å². The van der Waals surface area contributed by atoms with Gasteiger partial charge >= 0.3 is 0 Å². The van der Waals surface area contributed by atoms with Gasteiger partial charge in [-0.15, -0.1) is 11.3 Å². The molecule has 0 saturated heterocycles. The highest BCUT2D eigenvalue weighted by molar-refractivity contribution is 7.87. The van der Waals surface area contributed by atoms with E-state index in [-0.39, 0.29) is 5.75 Å². The van der Waals surface area contributed by atoms with Gasteiger partial charge in [0.25, 0.3) is 0 Å². The summed E-state index contributed by atoms with van der Waals surface area (Å²) in [7, 11) is -1.23. The van der Waals surface area contributed by atoms with Crippen LogP contribution in [0.1, 0.15) is 39.5 Å². The van der Waals surface area contributed by atoms with Crippen LogP contribution in [0.5, 0.6) is 0 Å². The van der Waals surface area contributed by atoms with Crippen molar-refractivity contribution in [2.24, 2.45) is 10.7 Å². The van der Waals surface area contributed by atoms with E-state index < -0.39 is 32.7 Å². The van der Waals surface area contributed by atoms with Crippen LogP contribution in [0.15, 0.2) is 29.3 Å². The van der Waals surface area contributed by atoms with Gasteiger partial charge in [0.2, 0.25) is 0 Å². The first-order chi connectivity index (χ1) is 12.5. The zero-order valence-corrected chi connectivity index (χ0v) is 18.3. The fourth-order valence-corrected chi connectivity index (χ4v) is 5.75. The Bertz CT molecular complexity index is 891. The van der Waals surface area contributed by atoms with Gasteiger partial charge in [-0.2, -0.15) is 0 Å². The molecule has 0 spiro atoms. The fourth-order valence-electron chi connectivity index (χ4n) is 2.68. The molecule has 1 aromatic heterocycles. The number of nitrogens with zero attached hydrogens (tertiary/aromatic N) is 1. The lowest BCUT2D eigenvalue weighted by Crippen LogP contribution is -2.51. The molecule has 8 heteroatoms. The Morgan fingerprint density at radius 1 is 1.15 bits per heavy atom. The van der Waals surface area contributed by atoms with Crippen LogP contribution in [0, 0.1) is 11.6 Å². The SMILES string of the molecule is CC.CC1(C)C(N)=N[C@](C)(c2sc(-c3cc(F)cc(F)c3)cc2Cl)CS1=O. The summed E-state index contributed by atoms with van der Waals surface area (Å²) in [5.74, 6) is -0.731. The molecule has 27 heavy (non-hydrogen) atoms. The first kappa shape index (κ1) is 22.0. The summed E-state index contributed by atoms with van der Waals surface area (Å²) >= 11 is 7.66. The third-order valence-electron chi connectivity index (χ3n) is 4.29. The van der Waals surface area contributed by atoms with Crippen LogP contribution >= 0.6 is 22.9 Å². The molecule has 0 aliphatic carbocycles. The van der Waals surface area contributed by atoms with Crippen LogP contribution in [0.2, 0.25) is 5.02 Å². The number of benzene rings is 1. The molecule has 0 radical (unpaired) electrons. The Hall–Kier alpha value is -1.31. The van der Waals surface area contributed by atoms with Crippen molar-refractivity contribution in [2.75, 3.05) is 5.75 Å². The van der Waals surface area contributed by atoms with Gasteiger partial charge in [-0.1, -0.05) is 25.4 Å². The fraction of sp³-hybridized carbons (Fsp3) is 0.421. The summed E-state index contributed by atoms with van der Waals surface area (Å²) < 4.78 is 38.9. The number of thiophene rings is 1. The summed E-state index contributed by atoms with van der Waals surface area (Å²) in [6, 6.07) is 4.96. The average molecular weight is 433 g/mol. The zero-order chi connectivity index (χ0) is 20.6. The highest BCUT2D eigenvalue weighted by Gasteiger charge is 2.44. The van der Waals surface area contributed by atoms with Crippen LogP contribution in [0.25, 0.3) is 10.4 Å². The summed E-state index contributed by atoms with van der Waals surface area (Å²) in [5, 5.41) is 0.417. The van der Waals surface area contributed by atoms with E-state index in [4.69, 9.17) is 17.3 Å². The highest BCUT2D eigenvalue weighted by atomic mass is 35.5. The molecule has 2 atom stereocenters. The minimum Gasteiger partial charge on any atom is -0.386 e. The molecule has 1 aliphatic rings. The van der Waals surface area contributed by atoms with Crippen molar-refractivity contribution in [3.8, 4) is 10.4 Å². The molecule has 2 aromatic rings. The highest BCUT2D eigenvalue weighted by Crippen LogP contribution is 2.45. The van der Waals surface area contributed by atoms with Gasteiger partial charge in [-0.3, -0.25) is 9.20 Å². The van der Waals surface area contributed by atoms with Gasteiger partial charge in [0.05, 0.1) is 20.4 Å². The van der Waals surface area contributed by atoms with Gasteiger partial charge in [0.15, 0.2) is 0 Å². The lowest BCUT2D eigenvalue weighted by Gasteiger charge is -2.36. The van der Waals surface area contributed by atoms with Gasteiger partial charge in [0, 0.05) is 21.7 Å². The summed E-state index contributed by atoms with van der Waals surface area (Å²) in [4.78, 5) is 5.87. The molecule has 1 aliphatic heterocycles. The maximum atomic E-state index is 13.5. The van der Waals surface area contributed by atoms with E-state index in [0.717, 1.165) is 6.07 Å². The van der Waals surface area contributed by atoms with E-state index in [1.807, 2.05) is 20.8 Å². The zero-order valence-electron chi connectivity index (χ0n) is 15.9. The maximum Gasteiger partial charge on any atom is 0.126 e. The van der Waals surface area contributed by atoms with Crippen molar-refractivity contribution in [2.45, 2.75) is 44.9 Å². The number of amidine groups is 1. The molecule has 148 valence electrons. The Labute approximate surface area is 170 Å². The molecule has 3 nitrogen and oxygen atoms in total. The lowest BCUT2D eigenvalue weighted by molar-refractivity contribution is 0.545. The van der Waals surface area contributed by atoms with Gasteiger partial charge in [0.1, 0.15) is 23.0 Å². The first-order valence-electron chi connectivity index (χ1n) is 8.53. The van der Waals surface area contributed by atoms with Gasteiger partial charge < -0.3 is 5.73 Å². The van der Waals surface area contributed by atoms with Crippen molar-refractivity contribution < 1.29 is 13.0 Å². The molecule has 2 N–H and O–H groups in total. The van der Waals surface area contributed by atoms with Gasteiger partial charge in [-0.05, 0) is 44.5 Å². The smallest absolute Gasteiger partial charge is 0.126 e. The van der Waals surface area contributed by atoms with E-state index >= 15 is 0 Å². The maximum absolute atomic E-state index is 13.5. The van der Waals surface area contributed by atoms with Crippen LogP contribution < -0.4 is 5.73 Å². The Morgan fingerprint density at radius 2 is 1.70 bits per heavy atom. The monoisotopic (exact) mass is 432 g/mol. The molecular formula is C19H23ClF2N2OS2. The Morgan fingerprint density at radius 3 is 2.22 bits per heavy atom. The van der Waals surface area contributed by atoms with E-state index in [2.05, 4.69) is 4.99 Å². The standard InChI is InChI=1S/C17H17ClF2N2OS2.C2H6/c1-16(2)15(21)22-17(3,8-25(16)23)14-12(18)7-13(24-14)9-4-10(19)6-11(20)5-9;1-2/h4-7H,8H2,1-3H3,(H2,21,22);1-2H3/t17-,25?;/m0./s1.